The van der Waals surface area contributed by atoms with Crippen LogP contribution in [0.5, 0.6) is 0 Å². The topological polar surface area (TPSA) is 75.1 Å². The molecule has 0 amide bonds. The van der Waals surface area contributed by atoms with Crippen LogP contribution < -0.4 is 0 Å². The molecule has 0 unspecified atom stereocenters. The van der Waals surface area contributed by atoms with Crippen LogP contribution in [0.3, 0.4) is 0 Å². The Kier molecular flexibility index (Phi) is 3.49. The molecule has 0 bridgehead atoms. The van der Waals surface area contributed by atoms with Crippen LogP contribution >= 0.6 is 11.6 Å². The molecule has 7 heteroatoms. The molecule has 15 heavy (non-hydrogen) atoms. The van der Waals surface area contributed by atoms with Crippen LogP contribution in [0, 0.1) is 5.82 Å². The summed E-state index contributed by atoms with van der Waals surface area (Å²) in [6.45, 7) is 0. The van der Waals surface area contributed by atoms with E-state index in [-0.39, 0.29) is 16.3 Å². The van der Waals surface area contributed by atoms with Gasteiger partial charge in [0.15, 0.2) is 0 Å². The molecule has 0 aromatic heterocycles. The van der Waals surface area contributed by atoms with Gasteiger partial charge >= 0.3 is 5.97 Å². The van der Waals surface area contributed by atoms with Gasteiger partial charge in [0.05, 0.1) is 17.7 Å². The van der Waals surface area contributed by atoms with Crippen molar-refractivity contribution < 1.29 is 13.9 Å². The van der Waals surface area contributed by atoms with E-state index in [1.54, 1.807) is 0 Å². The first-order valence-corrected chi connectivity index (χ1v) is 4.10. The molecule has 0 radical (unpaired) electrons. The number of carbonyl (C=O) groups excluding carboxylic acids is 1. The number of benzene rings is 1. The predicted molar refractivity (Wildman–Crippen MR) is 51.6 cm³/mol. The monoisotopic (exact) mass is 229 g/mol. The maximum atomic E-state index is 13.1. The lowest BCUT2D eigenvalue weighted by atomic mass is 10.2. The Bertz CT molecular complexity index is 457. The summed E-state index contributed by atoms with van der Waals surface area (Å²) in [6.07, 6.45) is 0. The molecule has 0 spiro atoms. The number of hydrogen-bond acceptors (Lipinski definition) is 3. The maximum absolute atomic E-state index is 13.1. The second kappa shape index (κ2) is 4.63. The van der Waals surface area contributed by atoms with Crippen molar-refractivity contribution in [1.29, 1.82) is 0 Å². The Hall–Kier alpha value is -1.78. The van der Waals surface area contributed by atoms with E-state index in [0.717, 1.165) is 19.2 Å². The van der Waals surface area contributed by atoms with Crippen LogP contribution in [0.25, 0.3) is 10.4 Å². The summed E-state index contributed by atoms with van der Waals surface area (Å²) in [5.41, 5.74) is 7.93. The van der Waals surface area contributed by atoms with Gasteiger partial charge in [0.1, 0.15) is 5.82 Å². The lowest BCUT2D eigenvalue weighted by Gasteiger charge is -2.03. The molecular weight excluding hydrogens is 225 g/mol. The van der Waals surface area contributed by atoms with Gasteiger partial charge in [0, 0.05) is 10.6 Å². The van der Waals surface area contributed by atoms with E-state index < -0.39 is 11.8 Å². The molecule has 78 valence electrons. The quantitative estimate of drug-likeness (QED) is 0.338. The van der Waals surface area contributed by atoms with Gasteiger partial charge in [0.25, 0.3) is 0 Å². The number of hydrogen-bond donors (Lipinski definition) is 0. The predicted octanol–water partition coefficient (Wildman–Crippen LogP) is 3.21. The number of carbonyl (C=O) groups is 1. The molecule has 0 N–H and O–H groups in total. The van der Waals surface area contributed by atoms with Crippen LogP contribution in [0.2, 0.25) is 5.02 Å². The van der Waals surface area contributed by atoms with Gasteiger partial charge in [-0.25, -0.2) is 9.18 Å². The van der Waals surface area contributed by atoms with Gasteiger partial charge in [-0.15, -0.1) is 0 Å². The summed E-state index contributed by atoms with van der Waals surface area (Å²) in [4.78, 5) is 13.6. The molecular formula is C8H5ClFN3O2. The number of nitrogens with zero attached hydrogens (tertiary/aromatic N) is 3. The second-order valence-electron chi connectivity index (χ2n) is 2.47. The van der Waals surface area contributed by atoms with E-state index in [1.807, 2.05) is 0 Å². The molecule has 5 nitrogen and oxygen atoms in total. The zero-order valence-corrected chi connectivity index (χ0v) is 8.32. The highest BCUT2D eigenvalue weighted by Crippen LogP contribution is 2.26. The Morgan fingerprint density at radius 1 is 1.67 bits per heavy atom. The zero-order chi connectivity index (χ0) is 11.4. The first kappa shape index (κ1) is 11.3. The zero-order valence-electron chi connectivity index (χ0n) is 7.57. The van der Waals surface area contributed by atoms with Crippen LogP contribution in [0.15, 0.2) is 17.2 Å². The van der Waals surface area contributed by atoms with Crippen LogP contribution in [0.4, 0.5) is 10.1 Å². The molecule has 0 aliphatic carbocycles. The minimum absolute atomic E-state index is 0.0419. The van der Waals surface area contributed by atoms with Crippen molar-refractivity contribution in [3.05, 3.63) is 39.0 Å². The first-order chi connectivity index (χ1) is 7.10. The Labute approximate surface area is 89.0 Å². The molecule has 0 saturated heterocycles. The minimum atomic E-state index is -0.845. The molecule has 1 aromatic carbocycles. The molecule has 0 aliphatic rings. The van der Waals surface area contributed by atoms with Gasteiger partial charge < -0.3 is 4.74 Å². The molecule has 0 saturated carbocycles. The number of halogens is 2. The van der Waals surface area contributed by atoms with Crippen molar-refractivity contribution in [3.8, 4) is 0 Å². The Balaban J connectivity index is 3.37. The molecule has 0 fully saturated rings. The molecule has 0 heterocycles. The smallest absolute Gasteiger partial charge is 0.339 e. The number of ether oxygens (including phenoxy) is 1. The summed E-state index contributed by atoms with van der Waals surface area (Å²) in [5.74, 6) is -1.64. The van der Waals surface area contributed by atoms with E-state index in [1.165, 1.54) is 0 Å². The highest BCUT2D eigenvalue weighted by Gasteiger charge is 2.15. The summed E-state index contributed by atoms with van der Waals surface area (Å²) >= 11 is 5.53. The Morgan fingerprint density at radius 2 is 2.33 bits per heavy atom. The molecule has 1 aromatic rings. The number of methoxy groups -OCH3 is 1. The van der Waals surface area contributed by atoms with Crippen molar-refractivity contribution in [3.63, 3.8) is 0 Å². The number of azide groups is 1. The highest BCUT2D eigenvalue weighted by atomic mass is 35.5. The standard InChI is InChI=1S/C8H5ClFN3O2/c1-15-8(14)5-2-4(12-13-11)3-6(10)7(5)9/h2-3H,1H3. The average Bonchev–Trinajstić information content (AvgIpc) is 2.22. The van der Waals surface area contributed by atoms with Crippen molar-refractivity contribution in [2.24, 2.45) is 5.11 Å². The fourth-order valence-corrected chi connectivity index (χ4v) is 1.13. The fourth-order valence-electron chi connectivity index (χ4n) is 0.943. The lowest BCUT2D eigenvalue weighted by Crippen LogP contribution is -2.03. The van der Waals surface area contributed by atoms with Crippen molar-refractivity contribution in [1.82, 2.24) is 0 Å². The summed E-state index contributed by atoms with van der Waals surface area (Å²) in [6, 6.07) is 2.07. The minimum Gasteiger partial charge on any atom is -0.465 e. The van der Waals surface area contributed by atoms with Gasteiger partial charge in [0.2, 0.25) is 0 Å². The van der Waals surface area contributed by atoms with Crippen molar-refractivity contribution >= 4 is 23.3 Å². The third-order valence-corrected chi connectivity index (χ3v) is 1.96. The summed E-state index contributed by atoms with van der Waals surface area (Å²) < 4.78 is 17.5. The molecule has 0 atom stereocenters. The normalized spacial score (nSPS) is 9.27. The van der Waals surface area contributed by atoms with E-state index in [0.29, 0.717) is 0 Å². The van der Waals surface area contributed by atoms with E-state index in [4.69, 9.17) is 17.1 Å². The third kappa shape index (κ3) is 2.37. The lowest BCUT2D eigenvalue weighted by molar-refractivity contribution is 0.0600. The van der Waals surface area contributed by atoms with Gasteiger partial charge in [-0.3, -0.25) is 0 Å². The third-order valence-electron chi connectivity index (χ3n) is 1.58. The first-order valence-electron chi connectivity index (χ1n) is 3.72. The van der Waals surface area contributed by atoms with Crippen LogP contribution in [-0.2, 0) is 4.74 Å². The van der Waals surface area contributed by atoms with E-state index in [2.05, 4.69) is 14.8 Å². The maximum Gasteiger partial charge on any atom is 0.339 e. The van der Waals surface area contributed by atoms with Crippen molar-refractivity contribution in [2.75, 3.05) is 7.11 Å². The average molecular weight is 230 g/mol. The molecule has 0 aliphatic heterocycles. The van der Waals surface area contributed by atoms with E-state index >= 15 is 0 Å². The largest absolute Gasteiger partial charge is 0.465 e. The van der Waals surface area contributed by atoms with Crippen molar-refractivity contribution in [2.45, 2.75) is 0 Å². The SMILES string of the molecule is COC(=O)c1cc(N=[N+]=[N-])cc(F)c1Cl. The van der Waals surface area contributed by atoms with Crippen LogP contribution in [0.1, 0.15) is 10.4 Å². The molecule has 1 rings (SSSR count). The highest BCUT2D eigenvalue weighted by molar-refractivity contribution is 6.33. The number of rotatable bonds is 2. The fraction of sp³-hybridized carbons (Fsp3) is 0.125. The van der Waals surface area contributed by atoms with Crippen LogP contribution in [-0.4, -0.2) is 13.1 Å². The van der Waals surface area contributed by atoms with Gasteiger partial charge in [-0.05, 0) is 17.7 Å². The second-order valence-corrected chi connectivity index (χ2v) is 2.85. The number of esters is 1. The van der Waals surface area contributed by atoms with Gasteiger partial charge in [-0.1, -0.05) is 16.7 Å². The van der Waals surface area contributed by atoms with E-state index in [9.17, 15) is 9.18 Å². The summed E-state index contributed by atoms with van der Waals surface area (Å²) in [5, 5.41) is 2.80. The summed E-state index contributed by atoms with van der Waals surface area (Å²) in [7, 11) is 1.14. The Morgan fingerprint density at radius 3 is 2.87 bits per heavy atom. The van der Waals surface area contributed by atoms with Gasteiger partial charge in [-0.2, -0.15) is 0 Å².